The highest BCUT2D eigenvalue weighted by Gasteiger charge is 2.21. The lowest BCUT2D eigenvalue weighted by atomic mass is 9.99. The van der Waals surface area contributed by atoms with Crippen molar-refractivity contribution in [2.45, 2.75) is 39.3 Å². The number of carbonyl (C=O) groups is 1. The van der Waals surface area contributed by atoms with E-state index in [-0.39, 0.29) is 5.91 Å². The first-order chi connectivity index (χ1) is 12.7. The number of benzene rings is 1. The summed E-state index contributed by atoms with van der Waals surface area (Å²) in [6.45, 7) is 7.30. The van der Waals surface area contributed by atoms with Crippen LogP contribution in [-0.4, -0.2) is 40.6 Å². The number of aromatic nitrogens is 2. The molecule has 2 aromatic rings. The number of hydrogen-bond donors (Lipinski definition) is 3. The van der Waals surface area contributed by atoms with Gasteiger partial charge < -0.3 is 10.6 Å². The molecule has 1 amide bonds. The van der Waals surface area contributed by atoms with Gasteiger partial charge in [-0.15, -0.1) is 0 Å². The molecule has 0 bridgehead atoms. The van der Waals surface area contributed by atoms with Crippen molar-refractivity contribution in [2.24, 2.45) is 5.92 Å². The summed E-state index contributed by atoms with van der Waals surface area (Å²) in [5, 5.41) is 13.5. The quantitative estimate of drug-likeness (QED) is 0.790. The monoisotopic (exact) mass is 353 g/mol. The average molecular weight is 353 g/mol. The van der Waals surface area contributed by atoms with Gasteiger partial charge in [0.05, 0.1) is 0 Å². The van der Waals surface area contributed by atoms with E-state index in [4.69, 9.17) is 0 Å². The van der Waals surface area contributed by atoms with Gasteiger partial charge >= 0.3 is 0 Å². The molecule has 3 N–H and O–H groups in total. The predicted octanol–water partition coefficient (Wildman–Crippen LogP) is 2.54. The summed E-state index contributed by atoms with van der Waals surface area (Å²) in [6.07, 6.45) is 3.47. The highest BCUT2D eigenvalue weighted by molar-refractivity contribution is 6.04. The van der Waals surface area contributed by atoms with Gasteiger partial charge in [-0.1, -0.05) is 19.1 Å². The highest BCUT2D eigenvalue weighted by atomic mass is 16.1. The number of amides is 1. The molecular formula is C20H27N5O. The fraction of sp³-hybridized carbons (Fsp3) is 0.500. The Morgan fingerprint density at radius 3 is 2.81 bits per heavy atom. The molecule has 4 rings (SSSR count). The third-order valence-corrected chi connectivity index (χ3v) is 5.52. The summed E-state index contributed by atoms with van der Waals surface area (Å²) in [5.41, 5.74) is 4.66. The fourth-order valence-electron chi connectivity index (χ4n) is 3.78. The van der Waals surface area contributed by atoms with Gasteiger partial charge in [-0.05, 0) is 49.5 Å². The van der Waals surface area contributed by atoms with Crippen LogP contribution in [0.2, 0.25) is 0 Å². The highest BCUT2D eigenvalue weighted by Crippen LogP contribution is 2.20. The van der Waals surface area contributed by atoms with Crippen molar-refractivity contribution >= 4 is 11.6 Å². The van der Waals surface area contributed by atoms with Gasteiger partial charge in [-0.25, -0.2) is 0 Å². The minimum Gasteiger partial charge on any atom is -0.321 e. The Kier molecular flexibility index (Phi) is 5.04. The lowest BCUT2D eigenvalue weighted by Crippen LogP contribution is -2.32. The first kappa shape index (κ1) is 17.2. The summed E-state index contributed by atoms with van der Waals surface area (Å²) in [4.78, 5) is 15.1. The Hall–Kier alpha value is -2.18. The molecule has 0 spiro atoms. The van der Waals surface area contributed by atoms with Gasteiger partial charge in [-0.3, -0.25) is 14.8 Å². The molecule has 0 unspecified atom stereocenters. The number of piperidine rings is 1. The molecule has 1 aromatic carbocycles. The van der Waals surface area contributed by atoms with Crippen LogP contribution in [0.15, 0.2) is 24.3 Å². The van der Waals surface area contributed by atoms with E-state index in [0.717, 1.165) is 42.4 Å². The number of fused-ring (bicyclic) bond motifs is 1. The van der Waals surface area contributed by atoms with Crippen LogP contribution < -0.4 is 10.6 Å². The van der Waals surface area contributed by atoms with Gasteiger partial charge in [-0.2, -0.15) is 5.10 Å². The van der Waals surface area contributed by atoms with Gasteiger partial charge in [0.2, 0.25) is 0 Å². The summed E-state index contributed by atoms with van der Waals surface area (Å²) in [6, 6.07) is 8.18. The predicted molar refractivity (Wildman–Crippen MR) is 102 cm³/mol. The Bertz CT molecular complexity index is 759. The molecule has 0 saturated carbocycles. The summed E-state index contributed by atoms with van der Waals surface area (Å²) < 4.78 is 0. The molecule has 138 valence electrons. The molecule has 1 aromatic heterocycles. The number of H-pyrrole nitrogens is 1. The zero-order chi connectivity index (χ0) is 17.9. The normalized spacial score (nSPS) is 18.5. The number of anilines is 1. The van der Waals surface area contributed by atoms with Crippen molar-refractivity contribution in [3.05, 3.63) is 46.8 Å². The van der Waals surface area contributed by atoms with Crippen LogP contribution in [0.1, 0.15) is 47.1 Å². The first-order valence-electron chi connectivity index (χ1n) is 9.58. The third kappa shape index (κ3) is 3.81. The van der Waals surface area contributed by atoms with E-state index in [0.29, 0.717) is 12.2 Å². The minimum absolute atomic E-state index is 0.149. The molecule has 26 heavy (non-hydrogen) atoms. The molecule has 3 heterocycles. The maximum absolute atomic E-state index is 12.6. The lowest BCUT2D eigenvalue weighted by Gasteiger charge is -2.30. The smallest absolute Gasteiger partial charge is 0.276 e. The average Bonchev–Trinajstić information content (AvgIpc) is 3.09. The second-order valence-corrected chi connectivity index (χ2v) is 7.57. The number of likely N-dealkylation sites (tertiary alicyclic amines) is 1. The van der Waals surface area contributed by atoms with Crippen molar-refractivity contribution in [3.63, 3.8) is 0 Å². The standard InChI is InChI=1S/C20H27N5O/c1-14-7-10-25(11-8-14)13-15-2-4-16(5-3-15)22-20(26)19-17-12-21-9-6-18(17)23-24-19/h2-5,14,21H,6-13H2,1H3,(H,22,26)(H,23,24). The summed E-state index contributed by atoms with van der Waals surface area (Å²) in [7, 11) is 0. The zero-order valence-electron chi connectivity index (χ0n) is 15.3. The van der Waals surface area contributed by atoms with Crippen LogP contribution in [0, 0.1) is 5.92 Å². The van der Waals surface area contributed by atoms with Crippen molar-refractivity contribution < 1.29 is 4.79 Å². The Labute approximate surface area is 154 Å². The molecule has 2 aliphatic heterocycles. The van der Waals surface area contributed by atoms with E-state index in [1.54, 1.807) is 0 Å². The SMILES string of the molecule is CC1CCN(Cc2ccc(NC(=O)c3n[nH]c4c3CNCC4)cc2)CC1. The summed E-state index contributed by atoms with van der Waals surface area (Å²) in [5.74, 6) is 0.704. The largest absolute Gasteiger partial charge is 0.321 e. The van der Waals surface area contributed by atoms with Crippen molar-refractivity contribution in [1.29, 1.82) is 0 Å². The van der Waals surface area contributed by atoms with Gasteiger partial charge in [0.15, 0.2) is 5.69 Å². The maximum atomic E-state index is 12.6. The molecule has 0 radical (unpaired) electrons. The Balaban J connectivity index is 1.36. The molecule has 2 aliphatic rings. The van der Waals surface area contributed by atoms with E-state index in [1.165, 1.54) is 31.5 Å². The van der Waals surface area contributed by atoms with Crippen molar-refractivity contribution in [1.82, 2.24) is 20.4 Å². The first-order valence-corrected chi connectivity index (χ1v) is 9.58. The molecule has 6 heteroatoms. The molecule has 1 fully saturated rings. The van der Waals surface area contributed by atoms with Gasteiger partial charge in [0.25, 0.3) is 5.91 Å². The molecule has 6 nitrogen and oxygen atoms in total. The maximum Gasteiger partial charge on any atom is 0.276 e. The van der Waals surface area contributed by atoms with Gasteiger partial charge in [0.1, 0.15) is 0 Å². The van der Waals surface area contributed by atoms with Crippen LogP contribution in [0.4, 0.5) is 5.69 Å². The molecule has 0 atom stereocenters. The molecule has 0 aliphatic carbocycles. The van der Waals surface area contributed by atoms with Gasteiger partial charge in [0, 0.05) is 43.0 Å². The lowest BCUT2D eigenvalue weighted by molar-refractivity contribution is 0.102. The summed E-state index contributed by atoms with van der Waals surface area (Å²) >= 11 is 0. The van der Waals surface area contributed by atoms with E-state index >= 15 is 0 Å². The topological polar surface area (TPSA) is 73.0 Å². The number of aromatic amines is 1. The van der Waals surface area contributed by atoms with Crippen LogP contribution in [-0.2, 0) is 19.5 Å². The van der Waals surface area contributed by atoms with E-state index < -0.39 is 0 Å². The number of nitrogens with one attached hydrogen (secondary N) is 3. The van der Waals surface area contributed by atoms with Crippen LogP contribution in [0.25, 0.3) is 0 Å². The second-order valence-electron chi connectivity index (χ2n) is 7.57. The third-order valence-electron chi connectivity index (χ3n) is 5.52. The number of rotatable bonds is 4. The van der Waals surface area contributed by atoms with Crippen LogP contribution >= 0.6 is 0 Å². The zero-order valence-corrected chi connectivity index (χ0v) is 15.3. The van der Waals surface area contributed by atoms with E-state index in [1.807, 2.05) is 12.1 Å². The second kappa shape index (κ2) is 7.60. The molecule has 1 saturated heterocycles. The Morgan fingerprint density at radius 1 is 1.27 bits per heavy atom. The van der Waals surface area contributed by atoms with Crippen LogP contribution in [0.5, 0.6) is 0 Å². The van der Waals surface area contributed by atoms with Crippen LogP contribution in [0.3, 0.4) is 0 Å². The van der Waals surface area contributed by atoms with Crippen molar-refractivity contribution in [2.75, 3.05) is 25.0 Å². The minimum atomic E-state index is -0.149. The van der Waals surface area contributed by atoms with E-state index in [9.17, 15) is 4.79 Å². The fourth-order valence-corrected chi connectivity index (χ4v) is 3.78. The number of nitrogens with zero attached hydrogens (tertiary/aromatic N) is 2. The number of hydrogen-bond acceptors (Lipinski definition) is 4. The molecular weight excluding hydrogens is 326 g/mol. The van der Waals surface area contributed by atoms with E-state index in [2.05, 4.69) is 44.8 Å². The number of carbonyl (C=O) groups excluding carboxylic acids is 1. The Morgan fingerprint density at radius 2 is 2.04 bits per heavy atom. The van der Waals surface area contributed by atoms with Crippen molar-refractivity contribution in [3.8, 4) is 0 Å².